The van der Waals surface area contributed by atoms with Crippen LogP contribution in [0.4, 0.5) is 5.95 Å². The molecular weight excluding hydrogens is 416 g/mol. The SMILES string of the molecule is COCCN(CC(=O)Nc1nc(-c2ccc(Cl)cc2)cn1-c1ccc(C)cc1)C(C)=O. The smallest absolute Gasteiger partial charge is 0.246 e. The number of ether oxygens (including phenoxy) is 1. The van der Waals surface area contributed by atoms with Crippen LogP contribution in [0.2, 0.25) is 5.02 Å². The minimum absolute atomic E-state index is 0.0876. The van der Waals surface area contributed by atoms with Crippen LogP contribution in [0, 0.1) is 6.92 Å². The summed E-state index contributed by atoms with van der Waals surface area (Å²) in [6.45, 7) is 4.04. The van der Waals surface area contributed by atoms with E-state index < -0.39 is 0 Å². The van der Waals surface area contributed by atoms with Gasteiger partial charge in [-0.15, -0.1) is 0 Å². The molecule has 0 atom stereocenters. The number of hydrogen-bond donors (Lipinski definition) is 1. The van der Waals surface area contributed by atoms with Gasteiger partial charge in [0.15, 0.2) is 0 Å². The summed E-state index contributed by atoms with van der Waals surface area (Å²) >= 11 is 6.00. The van der Waals surface area contributed by atoms with Crippen molar-refractivity contribution in [1.82, 2.24) is 14.5 Å². The Hall–Kier alpha value is -3.16. The average Bonchev–Trinajstić information content (AvgIpc) is 3.15. The lowest BCUT2D eigenvalue weighted by Crippen LogP contribution is -2.38. The van der Waals surface area contributed by atoms with Crippen LogP contribution >= 0.6 is 11.6 Å². The third-order valence-electron chi connectivity index (χ3n) is 4.75. The molecule has 0 unspecified atom stereocenters. The first-order valence-corrected chi connectivity index (χ1v) is 10.2. The Morgan fingerprint density at radius 2 is 1.81 bits per heavy atom. The fourth-order valence-electron chi connectivity index (χ4n) is 3.02. The van der Waals surface area contributed by atoms with Gasteiger partial charge in [0.1, 0.15) is 6.54 Å². The number of aryl methyl sites for hydroxylation is 1. The van der Waals surface area contributed by atoms with Gasteiger partial charge < -0.3 is 9.64 Å². The van der Waals surface area contributed by atoms with Crippen molar-refractivity contribution in [2.45, 2.75) is 13.8 Å². The van der Waals surface area contributed by atoms with E-state index in [1.807, 2.05) is 54.1 Å². The standard InChI is InChI=1S/C23H25ClN4O3/c1-16-4-10-20(11-5-16)28-14-21(18-6-8-19(24)9-7-18)25-23(28)26-22(30)15-27(17(2)29)12-13-31-3/h4-11,14H,12-13,15H2,1-3H3,(H,25,26,30). The zero-order valence-corrected chi connectivity index (χ0v) is 18.5. The molecule has 0 spiro atoms. The second-order valence-electron chi connectivity index (χ2n) is 7.14. The van der Waals surface area contributed by atoms with E-state index in [0.29, 0.717) is 29.8 Å². The van der Waals surface area contributed by atoms with Gasteiger partial charge in [-0.3, -0.25) is 19.5 Å². The Labute approximate surface area is 186 Å². The summed E-state index contributed by atoms with van der Waals surface area (Å²) in [7, 11) is 1.55. The maximum atomic E-state index is 12.7. The van der Waals surface area contributed by atoms with Crippen LogP contribution in [-0.4, -0.2) is 53.1 Å². The van der Waals surface area contributed by atoms with Crippen molar-refractivity contribution in [3.8, 4) is 16.9 Å². The number of anilines is 1. The molecule has 31 heavy (non-hydrogen) atoms. The number of benzene rings is 2. The molecular formula is C23H25ClN4O3. The summed E-state index contributed by atoms with van der Waals surface area (Å²) in [6.07, 6.45) is 1.86. The lowest BCUT2D eigenvalue weighted by Gasteiger charge is -2.20. The van der Waals surface area contributed by atoms with Gasteiger partial charge in [0.25, 0.3) is 0 Å². The molecule has 0 bridgehead atoms. The number of imidazole rings is 1. The zero-order chi connectivity index (χ0) is 22.4. The van der Waals surface area contributed by atoms with E-state index in [1.54, 1.807) is 19.2 Å². The number of halogens is 1. The van der Waals surface area contributed by atoms with E-state index in [2.05, 4.69) is 10.3 Å². The van der Waals surface area contributed by atoms with Crippen molar-refractivity contribution in [1.29, 1.82) is 0 Å². The molecule has 1 aromatic heterocycles. The molecule has 2 aromatic carbocycles. The van der Waals surface area contributed by atoms with Crippen molar-refractivity contribution < 1.29 is 14.3 Å². The number of nitrogens with one attached hydrogen (secondary N) is 1. The van der Waals surface area contributed by atoms with Crippen molar-refractivity contribution in [2.24, 2.45) is 0 Å². The highest BCUT2D eigenvalue weighted by molar-refractivity contribution is 6.30. The Morgan fingerprint density at radius 1 is 1.13 bits per heavy atom. The van der Waals surface area contributed by atoms with Crippen LogP contribution in [-0.2, 0) is 14.3 Å². The first-order chi connectivity index (χ1) is 14.9. The minimum Gasteiger partial charge on any atom is -0.383 e. The normalized spacial score (nSPS) is 10.7. The number of carbonyl (C=O) groups excluding carboxylic acids is 2. The molecule has 0 saturated carbocycles. The second-order valence-corrected chi connectivity index (χ2v) is 7.58. The molecule has 0 aliphatic rings. The molecule has 3 rings (SSSR count). The maximum Gasteiger partial charge on any atom is 0.246 e. The van der Waals surface area contributed by atoms with Crippen LogP contribution in [0.3, 0.4) is 0 Å². The van der Waals surface area contributed by atoms with Crippen LogP contribution in [0.1, 0.15) is 12.5 Å². The van der Waals surface area contributed by atoms with E-state index in [9.17, 15) is 9.59 Å². The lowest BCUT2D eigenvalue weighted by atomic mass is 10.2. The van der Waals surface area contributed by atoms with E-state index in [4.69, 9.17) is 16.3 Å². The van der Waals surface area contributed by atoms with Gasteiger partial charge in [-0.25, -0.2) is 4.98 Å². The Kier molecular flexibility index (Phi) is 7.44. The van der Waals surface area contributed by atoms with Crippen molar-refractivity contribution in [3.05, 3.63) is 65.3 Å². The van der Waals surface area contributed by atoms with E-state index in [1.165, 1.54) is 11.8 Å². The van der Waals surface area contributed by atoms with Gasteiger partial charge in [-0.2, -0.15) is 0 Å². The predicted octanol–water partition coefficient (Wildman–Crippen LogP) is 3.93. The number of rotatable bonds is 8. The Bertz CT molecular complexity index is 1050. The van der Waals surface area contributed by atoms with Gasteiger partial charge >= 0.3 is 0 Å². The van der Waals surface area contributed by atoms with Gasteiger partial charge in [0.2, 0.25) is 17.8 Å². The van der Waals surface area contributed by atoms with Gasteiger partial charge in [-0.05, 0) is 31.2 Å². The highest BCUT2D eigenvalue weighted by Gasteiger charge is 2.17. The molecule has 162 valence electrons. The molecule has 7 nitrogen and oxygen atoms in total. The highest BCUT2D eigenvalue weighted by atomic mass is 35.5. The quantitative estimate of drug-likeness (QED) is 0.575. The molecule has 0 fully saturated rings. The monoisotopic (exact) mass is 440 g/mol. The fourth-order valence-corrected chi connectivity index (χ4v) is 3.14. The number of nitrogens with zero attached hydrogens (tertiary/aromatic N) is 3. The third kappa shape index (κ3) is 5.93. The third-order valence-corrected chi connectivity index (χ3v) is 5.01. The van der Waals surface area contributed by atoms with E-state index >= 15 is 0 Å². The number of aromatic nitrogens is 2. The van der Waals surface area contributed by atoms with Gasteiger partial charge in [0.05, 0.1) is 12.3 Å². The van der Waals surface area contributed by atoms with Crippen molar-refractivity contribution in [3.63, 3.8) is 0 Å². The summed E-state index contributed by atoms with van der Waals surface area (Å²) in [5.41, 5.74) is 3.55. The number of amides is 2. The number of carbonyl (C=O) groups is 2. The van der Waals surface area contributed by atoms with Crippen LogP contribution in [0.25, 0.3) is 16.9 Å². The summed E-state index contributed by atoms with van der Waals surface area (Å²) < 4.78 is 6.83. The molecule has 0 aliphatic carbocycles. The average molecular weight is 441 g/mol. The largest absolute Gasteiger partial charge is 0.383 e. The first-order valence-electron chi connectivity index (χ1n) is 9.84. The summed E-state index contributed by atoms with van der Waals surface area (Å²) in [5, 5.41) is 3.47. The topological polar surface area (TPSA) is 76.5 Å². The van der Waals surface area contributed by atoms with Gasteiger partial charge in [0, 0.05) is 43.0 Å². The van der Waals surface area contributed by atoms with Crippen LogP contribution < -0.4 is 5.32 Å². The summed E-state index contributed by atoms with van der Waals surface area (Å²) in [5.74, 6) is -0.169. The van der Waals surface area contributed by atoms with E-state index in [-0.39, 0.29) is 18.4 Å². The molecule has 0 saturated heterocycles. The van der Waals surface area contributed by atoms with Crippen molar-refractivity contribution >= 4 is 29.4 Å². The first kappa shape index (κ1) is 22.5. The lowest BCUT2D eigenvalue weighted by molar-refractivity contribution is -0.133. The van der Waals surface area contributed by atoms with Crippen LogP contribution in [0.15, 0.2) is 54.7 Å². The second kappa shape index (κ2) is 10.2. The number of hydrogen-bond acceptors (Lipinski definition) is 4. The minimum atomic E-state index is -0.340. The molecule has 3 aromatic rings. The van der Waals surface area contributed by atoms with Crippen LogP contribution in [0.5, 0.6) is 0 Å². The molecule has 0 aliphatic heterocycles. The molecule has 2 amide bonds. The fraction of sp³-hybridized carbons (Fsp3) is 0.261. The Morgan fingerprint density at radius 3 is 2.42 bits per heavy atom. The van der Waals surface area contributed by atoms with E-state index in [0.717, 1.165) is 16.8 Å². The zero-order valence-electron chi connectivity index (χ0n) is 17.8. The molecule has 0 radical (unpaired) electrons. The number of methoxy groups -OCH3 is 1. The highest BCUT2D eigenvalue weighted by Crippen LogP contribution is 2.25. The maximum absolute atomic E-state index is 12.7. The molecule has 1 heterocycles. The molecule has 1 N–H and O–H groups in total. The Balaban J connectivity index is 1.89. The molecule has 8 heteroatoms. The summed E-state index contributed by atoms with van der Waals surface area (Å²) in [4.78, 5) is 30.6. The van der Waals surface area contributed by atoms with Crippen molar-refractivity contribution in [2.75, 3.05) is 32.1 Å². The summed E-state index contributed by atoms with van der Waals surface area (Å²) in [6, 6.07) is 15.2. The predicted molar refractivity (Wildman–Crippen MR) is 122 cm³/mol. The van der Waals surface area contributed by atoms with Gasteiger partial charge in [-0.1, -0.05) is 41.4 Å².